The number of rotatable bonds is 7. The van der Waals surface area contributed by atoms with Crippen molar-refractivity contribution in [1.29, 1.82) is 0 Å². The minimum atomic E-state index is -3.67. The lowest BCUT2D eigenvalue weighted by atomic mass is 9.96. The van der Waals surface area contributed by atoms with Crippen molar-refractivity contribution in [3.8, 4) is 0 Å². The van der Waals surface area contributed by atoms with Crippen LogP contribution in [0.2, 0.25) is 0 Å². The molecular formula is C23H28FN3O4S. The average molecular weight is 462 g/mol. The summed E-state index contributed by atoms with van der Waals surface area (Å²) in [6.07, 6.45) is 1.33. The fourth-order valence-electron chi connectivity index (χ4n) is 3.74. The van der Waals surface area contributed by atoms with Gasteiger partial charge in [0.2, 0.25) is 15.9 Å². The van der Waals surface area contributed by atoms with Crippen molar-refractivity contribution in [2.45, 2.75) is 31.6 Å². The highest BCUT2D eigenvalue weighted by Gasteiger charge is 2.29. The monoisotopic (exact) mass is 461 g/mol. The second-order valence-electron chi connectivity index (χ2n) is 8.05. The number of piperidine rings is 1. The third kappa shape index (κ3) is 5.92. The number of hydrogen-bond acceptors (Lipinski definition) is 4. The lowest BCUT2D eigenvalue weighted by molar-refractivity contribution is -0.126. The Hall–Kier alpha value is -2.78. The molecule has 1 aliphatic heterocycles. The van der Waals surface area contributed by atoms with Crippen molar-refractivity contribution < 1.29 is 22.4 Å². The van der Waals surface area contributed by atoms with Crippen LogP contribution in [0, 0.1) is 25.6 Å². The number of nitrogens with zero attached hydrogens (tertiary/aromatic N) is 1. The van der Waals surface area contributed by atoms with Crippen LogP contribution in [0.3, 0.4) is 0 Å². The third-order valence-electron chi connectivity index (χ3n) is 5.52. The summed E-state index contributed by atoms with van der Waals surface area (Å²) in [5.74, 6) is -1.23. The molecule has 0 aromatic heterocycles. The number of amides is 2. The first-order valence-electron chi connectivity index (χ1n) is 10.6. The van der Waals surface area contributed by atoms with E-state index in [4.69, 9.17) is 0 Å². The molecule has 3 rings (SSSR count). The van der Waals surface area contributed by atoms with Crippen LogP contribution in [0.1, 0.15) is 34.3 Å². The Morgan fingerprint density at radius 3 is 2.53 bits per heavy atom. The number of benzene rings is 2. The smallest absolute Gasteiger partial charge is 0.253 e. The molecule has 2 aromatic carbocycles. The van der Waals surface area contributed by atoms with Crippen LogP contribution >= 0.6 is 0 Å². The molecule has 0 aliphatic carbocycles. The Balaban J connectivity index is 1.50. The maximum absolute atomic E-state index is 13.1. The van der Waals surface area contributed by atoms with Crippen LogP contribution < -0.4 is 10.0 Å². The Morgan fingerprint density at radius 2 is 1.81 bits per heavy atom. The highest BCUT2D eigenvalue weighted by Crippen LogP contribution is 2.19. The average Bonchev–Trinajstić information content (AvgIpc) is 2.78. The van der Waals surface area contributed by atoms with Gasteiger partial charge in [-0.2, -0.15) is 0 Å². The molecule has 1 atom stereocenters. The second kappa shape index (κ2) is 10.2. The molecule has 172 valence electrons. The zero-order valence-electron chi connectivity index (χ0n) is 18.2. The van der Waals surface area contributed by atoms with E-state index in [2.05, 4.69) is 10.0 Å². The number of carbonyl (C=O) groups excluding carboxylic acids is 2. The summed E-state index contributed by atoms with van der Waals surface area (Å²) in [5, 5.41) is 2.76. The highest BCUT2D eigenvalue weighted by molar-refractivity contribution is 7.89. The summed E-state index contributed by atoms with van der Waals surface area (Å²) in [6.45, 7) is 4.58. The van der Waals surface area contributed by atoms with Gasteiger partial charge in [-0.15, -0.1) is 0 Å². The molecule has 2 aromatic rings. The first-order valence-corrected chi connectivity index (χ1v) is 12.0. The van der Waals surface area contributed by atoms with Crippen LogP contribution in [0.25, 0.3) is 0 Å². The van der Waals surface area contributed by atoms with E-state index in [1.165, 1.54) is 24.3 Å². The zero-order chi connectivity index (χ0) is 23.3. The normalized spacial score (nSPS) is 16.6. The fourth-order valence-corrected chi connectivity index (χ4v) is 5.10. The van der Waals surface area contributed by atoms with Gasteiger partial charge >= 0.3 is 0 Å². The van der Waals surface area contributed by atoms with Gasteiger partial charge in [0.15, 0.2) is 0 Å². The van der Waals surface area contributed by atoms with E-state index in [0.717, 1.165) is 5.56 Å². The zero-order valence-corrected chi connectivity index (χ0v) is 19.0. The van der Waals surface area contributed by atoms with Gasteiger partial charge in [-0.25, -0.2) is 17.5 Å². The van der Waals surface area contributed by atoms with Crippen LogP contribution in [0.15, 0.2) is 47.4 Å². The van der Waals surface area contributed by atoms with E-state index in [-0.39, 0.29) is 42.3 Å². The van der Waals surface area contributed by atoms with Gasteiger partial charge in [-0.1, -0.05) is 12.1 Å². The topological polar surface area (TPSA) is 95.6 Å². The van der Waals surface area contributed by atoms with E-state index >= 15 is 0 Å². The van der Waals surface area contributed by atoms with Crippen molar-refractivity contribution >= 4 is 21.8 Å². The minimum absolute atomic E-state index is 0.0619. The first kappa shape index (κ1) is 23.9. The Morgan fingerprint density at radius 1 is 1.09 bits per heavy atom. The van der Waals surface area contributed by atoms with Crippen LogP contribution in [0.5, 0.6) is 0 Å². The predicted octanol–water partition coefficient (Wildman–Crippen LogP) is 2.39. The van der Waals surface area contributed by atoms with Crippen LogP contribution in [-0.4, -0.2) is 51.3 Å². The van der Waals surface area contributed by atoms with Crippen LogP contribution in [-0.2, 0) is 14.8 Å². The maximum atomic E-state index is 13.1. The lowest BCUT2D eigenvalue weighted by Gasteiger charge is -2.32. The summed E-state index contributed by atoms with van der Waals surface area (Å²) in [5.41, 5.74) is 1.88. The summed E-state index contributed by atoms with van der Waals surface area (Å²) < 4.78 is 40.7. The molecular weight excluding hydrogens is 433 g/mol. The van der Waals surface area contributed by atoms with Gasteiger partial charge in [0.25, 0.3) is 5.91 Å². The van der Waals surface area contributed by atoms with Gasteiger partial charge in [0.05, 0.1) is 10.8 Å². The number of carbonyl (C=O) groups is 2. The van der Waals surface area contributed by atoms with Gasteiger partial charge in [0.1, 0.15) is 5.82 Å². The van der Waals surface area contributed by atoms with Crippen molar-refractivity contribution in [3.05, 3.63) is 65.0 Å². The molecule has 1 fully saturated rings. The Labute approximate surface area is 188 Å². The van der Waals surface area contributed by atoms with E-state index in [1.54, 1.807) is 24.0 Å². The predicted molar refractivity (Wildman–Crippen MR) is 119 cm³/mol. The molecule has 9 heteroatoms. The van der Waals surface area contributed by atoms with Crippen molar-refractivity contribution in [3.63, 3.8) is 0 Å². The molecule has 0 radical (unpaired) electrons. The van der Waals surface area contributed by atoms with Gasteiger partial charge in [-0.3, -0.25) is 9.59 Å². The van der Waals surface area contributed by atoms with Crippen LogP contribution in [0.4, 0.5) is 4.39 Å². The largest absolute Gasteiger partial charge is 0.354 e. The Kier molecular flexibility index (Phi) is 7.63. The third-order valence-corrected chi connectivity index (χ3v) is 7.12. The highest BCUT2D eigenvalue weighted by atomic mass is 32.2. The first-order chi connectivity index (χ1) is 15.2. The maximum Gasteiger partial charge on any atom is 0.253 e. The molecule has 1 unspecified atom stereocenters. The number of hydrogen-bond donors (Lipinski definition) is 2. The van der Waals surface area contributed by atoms with Gasteiger partial charge < -0.3 is 10.2 Å². The summed E-state index contributed by atoms with van der Waals surface area (Å²) in [4.78, 5) is 27.0. The molecule has 2 amide bonds. The summed E-state index contributed by atoms with van der Waals surface area (Å²) in [7, 11) is -3.67. The molecule has 0 saturated carbocycles. The molecule has 1 heterocycles. The number of sulfonamides is 1. The van der Waals surface area contributed by atoms with Gasteiger partial charge in [0, 0.05) is 31.7 Å². The quantitative estimate of drug-likeness (QED) is 0.619. The summed E-state index contributed by atoms with van der Waals surface area (Å²) >= 11 is 0. The van der Waals surface area contributed by atoms with E-state index < -0.39 is 15.8 Å². The molecule has 0 bridgehead atoms. The minimum Gasteiger partial charge on any atom is -0.354 e. The van der Waals surface area contributed by atoms with Crippen molar-refractivity contribution in [2.24, 2.45) is 5.92 Å². The summed E-state index contributed by atoms with van der Waals surface area (Å²) in [6, 6.07) is 10.6. The standard InChI is InChI=1S/C23H28FN3O4S/c1-16-5-6-17(2)21(14-16)32(30,31)26-12-11-25-22(28)19-4-3-13-27(15-19)23(29)18-7-9-20(24)10-8-18/h5-10,14,19,26H,3-4,11-13,15H2,1-2H3,(H,25,28). The van der Waals surface area contributed by atoms with E-state index in [0.29, 0.717) is 30.5 Å². The van der Waals surface area contributed by atoms with Crippen molar-refractivity contribution in [2.75, 3.05) is 26.2 Å². The van der Waals surface area contributed by atoms with Gasteiger partial charge in [-0.05, 0) is 68.1 Å². The molecule has 1 aliphatic rings. The molecule has 1 saturated heterocycles. The van der Waals surface area contributed by atoms with E-state index in [1.807, 2.05) is 13.0 Å². The number of likely N-dealkylation sites (tertiary alicyclic amines) is 1. The molecule has 7 nitrogen and oxygen atoms in total. The number of nitrogens with one attached hydrogen (secondary N) is 2. The number of aryl methyl sites for hydroxylation is 2. The molecule has 0 spiro atoms. The molecule has 2 N–H and O–H groups in total. The second-order valence-corrected chi connectivity index (χ2v) is 9.79. The fraction of sp³-hybridized carbons (Fsp3) is 0.391. The van der Waals surface area contributed by atoms with Crippen molar-refractivity contribution in [1.82, 2.24) is 14.9 Å². The SMILES string of the molecule is Cc1ccc(C)c(S(=O)(=O)NCCNC(=O)C2CCCN(C(=O)c3ccc(F)cc3)C2)c1. The molecule has 32 heavy (non-hydrogen) atoms. The Bertz CT molecular complexity index is 1090. The number of halogens is 1. The van der Waals surface area contributed by atoms with E-state index in [9.17, 15) is 22.4 Å². The lowest BCUT2D eigenvalue weighted by Crippen LogP contribution is -2.46.